The van der Waals surface area contributed by atoms with Crippen LogP contribution < -0.4 is 0 Å². The Morgan fingerprint density at radius 3 is 2.75 bits per heavy atom. The van der Waals surface area contributed by atoms with Crippen molar-refractivity contribution in [1.29, 1.82) is 0 Å². The number of hydrogen-bond acceptors (Lipinski definition) is 5. The SMILES string of the molecule is CC1(N=Nc2ccc(F)cc2)CSc2nc3ccccc3n2C1=O. The molecule has 24 heavy (non-hydrogen) atoms. The highest BCUT2D eigenvalue weighted by molar-refractivity contribution is 7.99. The number of halogens is 1. The Labute approximate surface area is 141 Å². The lowest BCUT2D eigenvalue weighted by atomic mass is 10.1. The second-order valence-electron chi connectivity index (χ2n) is 5.76. The average molecular weight is 340 g/mol. The molecule has 1 atom stereocenters. The molecule has 0 fully saturated rings. The average Bonchev–Trinajstić information content (AvgIpc) is 2.97. The molecule has 120 valence electrons. The summed E-state index contributed by atoms with van der Waals surface area (Å²) < 4.78 is 14.6. The van der Waals surface area contributed by atoms with Crippen molar-refractivity contribution in [1.82, 2.24) is 9.55 Å². The molecule has 1 aliphatic heterocycles. The fourth-order valence-corrected chi connectivity index (χ4v) is 3.62. The summed E-state index contributed by atoms with van der Waals surface area (Å²) in [7, 11) is 0. The molecular weight excluding hydrogens is 327 g/mol. The lowest BCUT2D eigenvalue weighted by Crippen LogP contribution is -2.42. The summed E-state index contributed by atoms with van der Waals surface area (Å²) >= 11 is 1.48. The van der Waals surface area contributed by atoms with Crippen LogP contribution >= 0.6 is 11.8 Å². The third kappa shape index (κ3) is 2.41. The first-order valence-corrected chi connectivity index (χ1v) is 8.39. The second-order valence-corrected chi connectivity index (χ2v) is 6.71. The molecule has 4 rings (SSSR count). The van der Waals surface area contributed by atoms with Crippen LogP contribution in [0.2, 0.25) is 0 Å². The van der Waals surface area contributed by atoms with E-state index in [0.29, 0.717) is 16.6 Å². The van der Waals surface area contributed by atoms with Crippen LogP contribution in [-0.2, 0) is 0 Å². The van der Waals surface area contributed by atoms with Crippen LogP contribution in [0.3, 0.4) is 0 Å². The zero-order valence-corrected chi connectivity index (χ0v) is 13.6. The third-order valence-electron chi connectivity index (χ3n) is 3.89. The molecular formula is C17H13FN4OS. The van der Waals surface area contributed by atoms with Crippen molar-refractivity contribution in [3.63, 3.8) is 0 Å². The number of hydrogen-bond donors (Lipinski definition) is 0. The van der Waals surface area contributed by atoms with Crippen LogP contribution in [0, 0.1) is 5.82 Å². The van der Waals surface area contributed by atoms with E-state index in [1.54, 1.807) is 11.5 Å². The molecule has 5 nitrogen and oxygen atoms in total. The minimum atomic E-state index is -0.991. The van der Waals surface area contributed by atoms with Gasteiger partial charge in [-0.2, -0.15) is 10.2 Å². The van der Waals surface area contributed by atoms with Crippen molar-refractivity contribution in [3.8, 4) is 0 Å². The van der Waals surface area contributed by atoms with Gasteiger partial charge >= 0.3 is 0 Å². The number of fused-ring (bicyclic) bond motifs is 3. The quantitative estimate of drug-likeness (QED) is 0.647. The van der Waals surface area contributed by atoms with Crippen molar-refractivity contribution in [3.05, 3.63) is 54.3 Å². The van der Waals surface area contributed by atoms with Crippen LogP contribution in [0.1, 0.15) is 11.7 Å². The first-order valence-electron chi connectivity index (χ1n) is 7.40. The van der Waals surface area contributed by atoms with E-state index < -0.39 is 5.54 Å². The van der Waals surface area contributed by atoms with Gasteiger partial charge in [0.1, 0.15) is 5.82 Å². The Balaban J connectivity index is 1.72. The lowest BCUT2D eigenvalue weighted by molar-refractivity contribution is 0.0816. The van der Waals surface area contributed by atoms with Gasteiger partial charge in [-0.05, 0) is 43.3 Å². The van der Waals surface area contributed by atoms with E-state index in [0.717, 1.165) is 11.0 Å². The zero-order chi connectivity index (χ0) is 16.7. The van der Waals surface area contributed by atoms with Crippen LogP contribution in [0.25, 0.3) is 11.0 Å². The van der Waals surface area contributed by atoms with Gasteiger partial charge < -0.3 is 0 Å². The maximum atomic E-state index is 13.0. The largest absolute Gasteiger partial charge is 0.271 e. The number of nitrogens with zero attached hydrogens (tertiary/aromatic N) is 4. The van der Waals surface area contributed by atoms with Gasteiger partial charge in [-0.3, -0.25) is 9.36 Å². The van der Waals surface area contributed by atoms with Gasteiger partial charge in [-0.25, -0.2) is 9.37 Å². The monoisotopic (exact) mass is 340 g/mol. The Morgan fingerprint density at radius 1 is 1.21 bits per heavy atom. The van der Waals surface area contributed by atoms with E-state index >= 15 is 0 Å². The highest BCUT2D eigenvalue weighted by Gasteiger charge is 2.41. The molecule has 0 aliphatic carbocycles. The smallest absolute Gasteiger partial charge is 0.263 e. The lowest BCUT2D eigenvalue weighted by Gasteiger charge is -2.27. The summed E-state index contributed by atoms with van der Waals surface area (Å²) in [6.45, 7) is 1.76. The Kier molecular flexibility index (Phi) is 3.45. The molecule has 2 heterocycles. The maximum absolute atomic E-state index is 13.0. The fraction of sp³-hybridized carbons (Fsp3) is 0.176. The molecule has 0 amide bonds. The van der Waals surface area contributed by atoms with E-state index in [9.17, 15) is 9.18 Å². The Bertz CT molecular complexity index is 966. The van der Waals surface area contributed by atoms with Gasteiger partial charge in [-0.15, -0.1) is 0 Å². The number of carbonyl (C=O) groups excluding carboxylic acids is 1. The number of benzene rings is 2. The van der Waals surface area contributed by atoms with Crippen molar-refractivity contribution in [2.75, 3.05) is 5.75 Å². The second kappa shape index (κ2) is 5.52. The minimum Gasteiger partial charge on any atom is -0.271 e. The van der Waals surface area contributed by atoms with Gasteiger partial charge in [0.25, 0.3) is 5.91 Å². The van der Waals surface area contributed by atoms with Crippen LogP contribution in [-0.4, -0.2) is 26.8 Å². The van der Waals surface area contributed by atoms with Crippen molar-refractivity contribution in [2.24, 2.45) is 10.2 Å². The summed E-state index contributed by atoms with van der Waals surface area (Å²) in [6, 6.07) is 13.2. The standard InChI is InChI=1S/C17H13FN4OS/c1-17(21-20-12-8-6-11(18)7-9-12)10-24-16-19-13-4-2-3-5-14(13)22(16)15(17)23/h2-9H,10H2,1H3. The molecule has 3 aromatic rings. The number of carbonyl (C=O) groups is 1. The fourth-order valence-electron chi connectivity index (χ4n) is 2.55. The number of aromatic nitrogens is 2. The predicted molar refractivity (Wildman–Crippen MR) is 90.4 cm³/mol. The van der Waals surface area contributed by atoms with Gasteiger partial charge in [0.2, 0.25) is 0 Å². The number of azo groups is 1. The topological polar surface area (TPSA) is 59.6 Å². The van der Waals surface area contributed by atoms with Gasteiger partial charge in [0, 0.05) is 5.75 Å². The van der Waals surface area contributed by atoms with Gasteiger partial charge in [-0.1, -0.05) is 23.9 Å². The summed E-state index contributed by atoms with van der Waals surface area (Å²) in [4.78, 5) is 17.5. The molecule has 0 bridgehead atoms. The summed E-state index contributed by atoms with van der Waals surface area (Å²) in [6.07, 6.45) is 0. The van der Waals surface area contributed by atoms with Gasteiger partial charge in [0.15, 0.2) is 10.7 Å². The molecule has 2 aromatic carbocycles. The molecule has 0 N–H and O–H groups in total. The van der Waals surface area contributed by atoms with Crippen molar-refractivity contribution in [2.45, 2.75) is 17.6 Å². The highest BCUT2D eigenvalue weighted by Crippen LogP contribution is 2.35. The van der Waals surface area contributed by atoms with Gasteiger partial charge in [0.05, 0.1) is 16.7 Å². The highest BCUT2D eigenvalue weighted by atomic mass is 32.2. The van der Waals surface area contributed by atoms with E-state index in [2.05, 4.69) is 15.2 Å². The molecule has 1 aliphatic rings. The van der Waals surface area contributed by atoms with E-state index in [1.807, 2.05) is 24.3 Å². The molecule has 0 radical (unpaired) electrons. The number of rotatable bonds is 2. The van der Waals surface area contributed by atoms with Crippen molar-refractivity contribution >= 4 is 34.4 Å². The molecule has 0 saturated carbocycles. The molecule has 1 aromatic heterocycles. The minimum absolute atomic E-state index is 0.157. The molecule has 7 heteroatoms. The summed E-state index contributed by atoms with van der Waals surface area (Å²) in [5.41, 5.74) is 1.08. The molecule has 1 unspecified atom stereocenters. The summed E-state index contributed by atoms with van der Waals surface area (Å²) in [5.74, 6) is -0.0327. The number of thioether (sulfide) groups is 1. The van der Waals surface area contributed by atoms with E-state index in [1.165, 1.54) is 36.0 Å². The first kappa shape index (κ1) is 15.0. The normalized spacial score (nSPS) is 20.7. The van der Waals surface area contributed by atoms with Crippen molar-refractivity contribution < 1.29 is 9.18 Å². The Morgan fingerprint density at radius 2 is 1.96 bits per heavy atom. The summed E-state index contributed by atoms with van der Waals surface area (Å²) in [5, 5.41) is 9.06. The Hall–Kier alpha value is -2.54. The molecule has 0 spiro atoms. The zero-order valence-electron chi connectivity index (χ0n) is 12.8. The van der Waals surface area contributed by atoms with E-state index in [-0.39, 0.29) is 11.7 Å². The third-order valence-corrected chi connectivity index (χ3v) is 5.13. The first-order chi connectivity index (χ1) is 11.6. The molecule has 0 saturated heterocycles. The predicted octanol–water partition coefficient (Wildman–Crippen LogP) is 4.46. The maximum Gasteiger partial charge on any atom is 0.263 e. The number of para-hydroxylation sites is 2. The van der Waals surface area contributed by atoms with Crippen LogP contribution in [0.15, 0.2) is 63.9 Å². The van der Waals surface area contributed by atoms with E-state index in [4.69, 9.17) is 0 Å². The number of imidazole rings is 1. The van der Waals surface area contributed by atoms with Crippen LogP contribution in [0.5, 0.6) is 0 Å². The van der Waals surface area contributed by atoms with Crippen LogP contribution in [0.4, 0.5) is 10.1 Å².